The van der Waals surface area contributed by atoms with Gasteiger partial charge in [-0.3, -0.25) is 9.52 Å². The maximum atomic E-state index is 13.1. The van der Waals surface area contributed by atoms with Gasteiger partial charge in [-0.25, -0.2) is 8.42 Å². The molecule has 0 aromatic heterocycles. The van der Waals surface area contributed by atoms with Crippen LogP contribution in [-0.4, -0.2) is 39.2 Å². The van der Waals surface area contributed by atoms with Crippen LogP contribution in [0.25, 0.3) is 0 Å². The van der Waals surface area contributed by atoms with Gasteiger partial charge in [0.05, 0.1) is 18.5 Å². The van der Waals surface area contributed by atoms with E-state index in [9.17, 15) is 18.3 Å². The molecule has 0 saturated heterocycles. The zero-order valence-electron chi connectivity index (χ0n) is 17.8. The van der Waals surface area contributed by atoms with Crippen molar-refractivity contribution in [2.45, 2.75) is 38.7 Å². The number of hydrogen-bond donors (Lipinski definition) is 4. The number of aliphatic hydroxyl groups excluding tert-OH is 1. The lowest BCUT2D eigenvalue weighted by molar-refractivity contribution is -0.125. The average molecular weight is 436 g/mol. The van der Waals surface area contributed by atoms with Crippen molar-refractivity contribution < 1.29 is 23.1 Å². The number of sulfonamides is 1. The minimum absolute atomic E-state index is 0.0361. The fourth-order valence-corrected chi connectivity index (χ4v) is 4.12. The zero-order chi connectivity index (χ0) is 22.5. The Hall–Kier alpha value is -2.78. The fourth-order valence-electron chi connectivity index (χ4n) is 2.84. The van der Waals surface area contributed by atoms with Gasteiger partial charge in [0.2, 0.25) is 0 Å². The van der Waals surface area contributed by atoms with E-state index in [2.05, 4.69) is 15.4 Å². The highest BCUT2D eigenvalue weighted by molar-refractivity contribution is 7.92. The highest BCUT2D eigenvalue weighted by Gasteiger charge is 2.23. The molecule has 164 valence electrons. The molecule has 0 bridgehead atoms. The molecule has 2 rings (SSSR count). The molecule has 1 amide bonds. The number of anilines is 3. The first kappa shape index (κ1) is 23.5. The van der Waals surface area contributed by atoms with Crippen LogP contribution in [0, 0.1) is 12.8 Å². The number of nitrogens with one attached hydrogen (secondary N) is 3. The molecule has 0 spiro atoms. The molecule has 0 aliphatic rings. The van der Waals surface area contributed by atoms with Crippen LogP contribution in [0.3, 0.4) is 0 Å². The van der Waals surface area contributed by atoms with E-state index < -0.39 is 22.0 Å². The van der Waals surface area contributed by atoms with Crippen molar-refractivity contribution in [2.24, 2.45) is 5.92 Å². The maximum absolute atomic E-state index is 13.1. The van der Waals surface area contributed by atoms with Gasteiger partial charge in [-0.2, -0.15) is 0 Å². The number of methoxy groups -OCH3 is 1. The fraction of sp³-hybridized carbons (Fsp3) is 0.381. The smallest absolute Gasteiger partial charge is 0.263 e. The number of benzene rings is 2. The van der Waals surface area contributed by atoms with Crippen molar-refractivity contribution in [3.8, 4) is 5.75 Å². The Kier molecular flexibility index (Phi) is 7.69. The number of amides is 1. The largest absolute Gasteiger partial charge is 0.496 e. The maximum Gasteiger partial charge on any atom is 0.263 e. The third-order valence-corrected chi connectivity index (χ3v) is 5.98. The van der Waals surface area contributed by atoms with Crippen LogP contribution in [0.5, 0.6) is 5.75 Å². The second-order valence-corrected chi connectivity index (χ2v) is 8.81. The molecule has 2 aromatic rings. The van der Waals surface area contributed by atoms with Crippen molar-refractivity contribution in [1.29, 1.82) is 0 Å². The van der Waals surface area contributed by atoms with Gasteiger partial charge in [-0.05, 0) is 50.1 Å². The molecule has 9 heteroatoms. The Morgan fingerprint density at radius 1 is 1.17 bits per heavy atom. The molecule has 30 heavy (non-hydrogen) atoms. The molecule has 0 unspecified atom stereocenters. The number of hydrogen-bond acceptors (Lipinski definition) is 6. The Bertz CT molecular complexity index is 1010. The van der Waals surface area contributed by atoms with E-state index in [-0.39, 0.29) is 10.8 Å². The predicted octanol–water partition coefficient (Wildman–Crippen LogP) is 3.19. The summed E-state index contributed by atoms with van der Waals surface area (Å²) in [5.41, 5.74) is 1.80. The van der Waals surface area contributed by atoms with Crippen molar-refractivity contribution in [3.63, 3.8) is 0 Å². The second-order valence-electron chi connectivity index (χ2n) is 7.16. The summed E-state index contributed by atoms with van der Waals surface area (Å²) in [7, 11) is -2.40. The van der Waals surface area contributed by atoms with E-state index in [1.807, 2.05) is 6.92 Å². The first-order valence-electron chi connectivity index (χ1n) is 9.64. The molecule has 1 atom stereocenters. The molecule has 2 aromatic carbocycles. The van der Waals surface area contributed by atoms with Crippen LogP contribution >= 0.6 is 0 Å². The van der Waals surface area contributed by atoms with Gasteiger partial charge in [0.25, 0.3) is 15.9 Å². The lowest BCUT2D eigenvalue weighted by Gasteiger charge is -2.18. The molecular formula is C21H29N3O5S. The van der Waals surface area contributed by atoms with Crippen molar-refractivity contribution in [3.05, 3.63) is 42.0 Å². The highest BCUT2D eigenvalue weighted by atomic mass is 32.2. The molecule has 0 fully saturated rings. The summed E-state index contributed by atoms with van der Waals surface area (Å²) < 4.78 is 34.0. The number of rotatable bonds is 9. The third kappa shape index (κ3) is 5.43. The summed E-state index contributed by atoms with van der Waals surface area (Å²) in [6.07, 6.45) is -1.16. The monoisotopic (exact) mass is 435 g/mol. The molecule has 4 N–H and O–H groups in total. The van der Waals surface area contributed by atoms with Gasteiger partial charge in [0.1, 0.15) is 16.7 Å². The van der Waals surface area contributed by atoms with Crippen LogP contribution in [0.1, 0.15) is 26.3 Å². The molecular weight excluding hydrogens is 406 g/mol. The summed E-state index contributed by atoms with van der Waals surface area (Å²) in [5, 5.41) is 15.5. The van der Waals surface area contributed by atoms with Gasteiger partial charge in [-0.15, -0.1) is 0 Å². The molecule has 0 aliphatic carbocycles. The topological polar surface area (TPSA) is 117 Å². The summed E-state index contributed by atoms with van der Waals surface area (Å²) >= 11 is 0. The van der Waals surface area contributed by atoms with Gasteiger partial charge in [0.15, 0.2) is 0 Å². The Labute approximate surface area is 177 Å². The summed E-state index contributed by atoms with van der Waals surface area (Å²) in [4.78, 5) is 12.2. The lowest BCUT2D eigenvalue weighted by Crippen LogP contribution is -2.31. The zero-order valence-corrected chi connectivity index (χ0v) is 18.6. The third-order valence-electron chi connectivity index (χ3n) is 4.55. The van der Waals surface area contributed by atoms with Gasteiger partial charge in [0, 0.05) is 17.8 Å². The van der Waals surface area contributed by atoms with Gasteiger partial charge in [-0.1, -0.05) is 19.9 Å². The van der Waals surface area contributed by atoms with Crippen molar-refractivity contribution in [2.75, 3.05) is 29.0 Å². The summed E-state index contributed by atoms with van der Waals surface area (Å²) in [6, 6.07) is 9.53. The van der Waals surface area contributed by atoms with Gasteiger partial charge < -0.3 is 20.5 Å². The van der Waals surface area contributed by atoms with Crippen molar-refractivity contribution >= 4 is 33.0 Å². The van der Waals surface area contributed by atoms with E-state index in [4.69, 9.17) is 4.74 Å². The highest BCUT2D eigenvalue weighted by Crippen LogP contribution is 2.30. The van der Waals surface area contributed by atoms with Crippen LogP contribution < -0.4 is 20.1 Å². The first-order chi connectivity index (χ1) is 14.1. The molecule has 0 heterocycles. The minimum Gasteiger partial charge on any atom is -0.496 e. The van der Waals surface area contributed by atoms with E-state index in [0.717, 1.165) is 0 Å². The van der Waals surface area contributed by atoms with E-state index in [0.29, 0.717) is 34.9 Å². The van der Waals surface area contributed by atoms with Crippen LogP contribution in [-0.2, 0) is 14.8 Å². The standard InChI is InChI=1S/C21H29N3O5S/c1-6-22-17-12-15(23-21(26)20(25)13(2)3)10-11-19(17)30(27,28)24-16-8-7-9-18(29-5)14(16)4/h7-13,20,22,24-25H,6H2,1-5H3,(H,23,26)/t20-/m0/s1. The van der Waals surface area contributed by atoms with Crippen molar-refractivity contribution in [1.82, 2.24) is 0 Å². The Balaban J connectivity index is 2.37. The van der Waals surface area contributed by atoms with Gasteiger partial charge >= 0.3 is 0 Å². The summed E-state index contributed by atoms with van der Waals surface area (Å²) in [6.45, 7) is 7.55. The quantitative estimate of drug-likeness (QED) is 0.481. The average Bonchev–Trinajstić information content (AvgIpc) is 2.69. The van der Waals surface area contributed by atoms with E-state index in [1.54, 1.807) is 39.0 Å². The number of carbonyl (C=O) groups is 1. The normalized spacial score (nSPS) is 12.4. The van der Waals surface area contributed by atoms with E-state index in [1.165, 1.54) is 25.3 Å². The minimum atomic E-state index is -3.92. The van der Waals surface area contributed by atoms with E-state index >= 15 is 0 Å². The second kappa shape index (κ2) is 9.82. The molecule has 8 nitrogen and oxygen atoms in total. The number of carbonyl (C=O) groups excluding carboxylic acids is 1. The van der Waals surface area contributed by atoms with Crippen LogP contribution in [0.4, 0.5) is 17.1 Å². The molecule has 0 aliphatic heterocycles. The lowest BCUT2D eigenvalue weighted by atomic mass is 10.1. The predicted molar refractivity (Wildman–Crippen MR) is 119 cm³/mol. The Morgan fingerprint density at radius 3 is 2.47 bits per heavy atom. The first-order valence-corrected chi connectivity index (χ1v) is 11.1. The molecule has 0 radical (unpaired) electrons. The number of ether oxygens (including phenoxy) is 1. The summed E-state index contributed by atoms with van der Waals surface area (Å²) in [5.74, 6) is -0.217. The van der Waals surface area contributed by atoms with Crippen LogP contribution in [0.15, 0.2) is 41.3 Å². The molecule has 0 saturated carbocycles. The Morgan fingerprint density at radius 2 is 1.87 bits per heavy atom. The SMILES string of the molecule is CCNc1cc(NC(=O)[C@@H](O)C(C)C)ccc1S(=O)(=O)Nc1cccc(OC)c1C. The number of aliphatic hydroxyl groups is 1. The van der Waals surface area contributed by atoms with Crippen LogP contribution in [0.2, 0.25) is 0 Å².